The van der Waals surface area contributed by atoms with Crippen LogP contribution in [-0.2, 0) is 9.47 Å². The topological polar surface area (TPSA) is 69.2 Å². The van der Waals surface area contributed by atoms with Crippen LogP contribution in [-0.4, -0.2) is 76.8 Å². The van der Waals surface area contributed by atoms with Crippen LogP contribution < -0.4 is 19.3 Å². The lowest BCUT2D eigenvalue weighted by Crippen LogP contribution is -2.47. The van der Waals surface area contributed by atoms with E-state index in [1.54, 1.807) is 26.6 Å². The number of hydrogen-bond donors (Lipinski definition) is 0. The van der Waals surface area contributed by atoms with E-state index >= 15 is 0 Å². The first-order chi connectivity index (χ1) is 16.2. The lowest BCUT2D eigenvalue weighted by molar-refractivity contribution is 0.132. The molecule has 4 rings (SSSR count). The molecule has 0 N–H and O–H groups in total. The molecule has 1 fully saturated rings. The summed E-state index contributed by atoms with van der Waals surface area (Å²) in [6.07, 6.45) is 1.56. The molecule has 8 nitrogen and oxygen atoms in total. The number of rotatable bonds is 10. The van der Waals surface area contributed by atoms with Gasteiger partial charge in [0.1, 0.15) is 31.2 Å². The Bertz CT molecular complexity index is 1060. The zero-order chi connectivity index (χ0) is 23.0. The van der Waals surface area contributed by atoms with E-state index in [0.717, 1.165) is 16.7 Å². The molecule has 1 saturated heterocycles. The molecule has 1 aliphatic heterocycles. The highest BCUT2D eigenvalue weighted by molar-refractivity contribution is 5.92. The Morgan fingerprint density at radius 1 is 0.818 bits per heavy atom. The van der Waals surface area contributed by atoms with Gasteiger partial charge in [-0.2, -0.15) is 0 Å². The molecule has 33 heavy (non-hydrogen) atoms. The van der Waals surface area contributed by atoms with Crippen LogP contribution in [0.15, 0.2) is 42.7 Å². The molecule has 0 unspecified atom stereocenters. The molecular formula is C24H29FN4O4. The Balaban J connectivity index is 1.57. The Hall–Kier alpha value is -3.17. The van der Waals surface area contributed by atoms with Crippen LogP contribution in [0.4, 0.5) is 15.9 Å². The molecule has 0 spiro atoms. The number of halogens is 1. The first kappa shape index (κ1) is 23.0. The van der Waals surface area contributed by atoms with Gasteiger partial charge in [0.25, 0.3) is 0 Å². The summed E-state index contributed by atoms with van der Waals surface area (Å²) in [5.41, 5.74) is 1.40. The van der Waals surface area contributed by atoms with Crippen LogP contribution in [0.2, 0.25) is 0 Å². The zero-order valence-electron chi connectivity index (χ0n) is 19.0. The number of benzene rings is 2. The average molecular weight is 457 g/mol. The van der Waals surface area contributed by atoms with Crippen molar-refractivity contribution in [2.24, 2.45) is 0 Å². The Kier molecular flexibility index (Phi) is 7.74. The second-order valence-corrected chi connectivity index (χ2v) is 7.62. The van der Waals surface area contributed by atoms with E-state index in [4.69, 9.17) is 18.9 Å². The van der Waals surface area contributed by atoms with Gasteiger partial charge in [-0.15, -0.1) is 0 Å². The number of para-hydroxylation sites is 1. The zero-order valence-corrected chi connectivity index (χ0v) is 19.0. The van der Waals surface area contributed by atoms with E-state index in [2.05, 4.69) is 19.8 Å². The Labute approximate surface area is 192 Å². The van der Waals surface area contributed by atoms with E-state index in [9.17, 15) is 4.39 Å². The molecular weight excluding hydrogens is 427 g/mol. The van der Waals surface area contributed by atoms with Crippen molar-refractivity contribution in [3.8, 4) is 11.5 Å². The number of piperazine rings is 1. The van der Waals surface area contributed by atoms with Gasteiger partial charge in [-0.1, -0.05) is 12.1 Å². The summed E-state index contributed by atoms with van der Waals surface area (Å²) in [6, 6.07) is 10.7. The maximum absolute atomic E-state index is 14.2. The highest BCUT2D eigenvalue weighted by Crippen LogP contribution is 2.35. The van der Waals surface area contributed by atoms with Crippen LogP contribution in [0, 0.1) is 5.82 Å². The van der Waals surface area contributed by atoms with E-state index in [0.29, 0.717) is 69.8 Å². The van der Waals surface area contributed by atoms with Gasteiger partial charge in [-0.05, 0) is 18.2 Å². The van der Waals surface area contributed by atoms with E-state index < -0.39 is 0 Å². The first-order valence-corrected chi connectivity index (χ1v) is 11.0. The minimum Gasteiger partial charge on any atom is -0.487 e. The summed E-state index contributed by atoms with van der Waals surface area (Å²) < 4.78 is 36.2. The van der Waals surface area contributed by atoms with Crippen LogP contribution in [0.25, 0.3) is 10.9 Å². The molecule has 2 aromatic carbocycles. The summed E-state index contributed by atoms with van der Waals surface area (Å²) in [5.74, 6) is 1.84. The van der Waals surface area contributed by atoms with Crippen LogP contribution in [0.3, 0.4) is 0 Å². The van der Waals surface area contributed by atoms with Crippen molar-refractivity contribution in [3.63, 3.8) is 0 Å². The van der Waals surface area contributed by atoms with Crippen molar-refractivity contribution in [2.45, 2.75) is 0 Å². The van der Waals surface area contributed by atoms with Gasteiger partial charge in [-0.3, -0.25) is 0 Å². The average Bonchev–Trinajstić information content (AvgIpc) is 2.84. The van der Waals surface area contributed by atoms with Crippen LogP contribution in [0.1, 0.15) is 0 Å². The van der Waals surface area contributed by atoms with Gasteiger partial charge in [0.15, 0.2) is 11.5 Å². The Morgan fingerprint density at radius 2 is 1.45 bits per heavy atom. The maximum Gasteiger partial charge on any atom is 0.163 e. The van der Waals surface area contributed by atoms with Crippen LogP contribution >= 0.6 is 0 Å². The third-order valence-corrected chi connectivity index (χ3v) is 5.54. The lowest BCUT2D eigenvalue weighted by Gasteiger charge is -2.37. The molecule has 3 aromatic rings. The van der Waals surface area contributed by atoms with E-state index in [1.165, 1.54) is 6.07 Å². The van der Waals surface area contributed by atoms with Crippen LogP contribution in [0.5, 0.6) is 11.5 Å². The standard InChI is InChI=1S/C24H29FN4O4/c1-30-11-13-32-22-15-18-20(16-23(22)33-14-12-31-2)26-17-27-24(18)29-9-7-28(8-10-29)21-6-4-3-5-19(21)25/h3-6,15-17H,7-14H2,1-2H3. The molecule has 2 heterocycles. The minimum atomic E-state index is -0.197. The summed E-state index contributed by atoms with van der Waals surface area (Å²) in [4.78, 5) is 13.3. The third-order valence-electron chi connectivity index (χ3n) is 5.54. The maximum atomic E-state index is 14.2. The second-order valence-electron chi connectivity index (χ2n) is 7.62. The monoisotopic (exact) mass is 456 g/mol. The van der Waals surface area contributed by atoms with Gasteiger partial charge in [0.05, 0.1) is 24.4 Å². The van der Waals surface area contributed by atoms with Crippen molar-refractivity contribution >= 4 is 22.4 Å². The summed E-state index contributed by atoms with van der Waals surface area (Å²) in [6.45, 7) is 4.55. The normalized spacial score (nSPS) is 14.0. The quantitative estimate of drug-likeness (QED) is 0.431. The molecule has 0 amide bonds. The summed E-state index contributed by atoms with van der Waals surface area (Å²) in [5, 5.41) is 0.878. The fourth-order valence-corrected chi connectivity index (χ4v) is 3.87. The fraction of sp³-hybridized carbons (Fsp3) is 0.417. The molecule has 176 valence electrons. The molecule has 0 aliphatic carbocycles. The predicted octanol–water partition coefficient (Wildman–Crippen LogP) is 3.15. The number of fused-ring (bicyclic) bond motifs is 1. The number of methoxy groups -OCH3 is 2. The molecule has 0 radical (unpaired) electrons. The summed E-state index contributed by atoms with van der Waals surface area (Å²) in [7, 11) is 3.26. The smallest absolute Gasteiger partial charge is 0.163 e. The van der Waals surface area contributed by atoms with Gasteiger partial charge >= 0.3 is 0 Å². The number of ether oxygens (including phenoxy) is 4. The predicted molar refractivity (Wildman–Crippen MR) is 125 cm³/mol. The molecule has 0 bridgehead atoms. The number of aromatic nitrogens is 2. The molecule has 0 saturated carbocycles. The molecule has 9 heteroatoms. The van der Waals surface area contributed by atoms with Gasteiger partial charge in [0.2, 0.25) is 0 Å². The minimum absolute atomic E-state index is 0.197. The number of nitrogens with zero attached hydrogens (tertiary/aromatic N) is 4. The van der Waals surface area contributed by atoms with Gasteiger partial charge in [-0.25, -0.2) is 14.4 Å². The van der Waals surface area contributed by atoms with Crippen molar-refractivity contribution in [3.05, 3.63) is 48.5 Å². The second kappa shape index (κ2) is 11.1. The van der Waals surface area contributed by atoms with Crippen molar-refractivity contribution in [2.75, 3.05) is 76.6 Å². The number of hydrogen-bond acceptors (Lipinski definition) is 8. The van der Waals surface area contributed by atoms with Gasteiger partial charge in [0, 0.05) is 51.9 Å². The van der Waals surface area contributed by atoms with E-state index in [-0.39, 0.29) is 5.82 Å². The van der Waals surface area contributed by atoms with Gasteiger partial charge < -0.3 is 28.7 Å². The van der Waals surface area contributed by atoms with Crippen molar-refractivity contribution < 1.29 is 23.3 Å². The third kappa shape index (κ3) is 5.43. The van der Waals surface area contributed by atoms with E-state index in [1.807, 2.05) is 24.3 Å². The van der Waals surface area contributed by atoms with Crippen molar-refractivity contribution in [1.29, 1.82) is 0 Å². The lowest BCUT2D eigenvalue weighted by atomic mass is 10.1. The number of anilines is 2. The fourth-order valence-electron chi connectivity index (χ4n) is 3.87. The highest BCUT2D eigenvalue weighted by atomic mass is 19.1. The Morgan fingerprint density at radius 3 is 2.12 bits per heavy atom. The molecule has 1 aromatic heterocycles. The largest absolute Gasteiger partial charge is 0.487 e. The molecule has 0 atom stereocenters. The highest BCUT2D eigenvalue weighted by Gasteiger charge is 2.22. The molecule has 1 aliphatic rings. The SMILES string of the molecule is COCCOc1cc2ncnc(N3CCN(c4ccccc4F)CC3)c2cc1OCCOC. The summed E-state index contributed by atoms with van der Waals surface area (Å²) >= 11 is 0. The first-order valence-electron chi connectivity index (χ1n) is 11.0. The van der Waals surface area contributed by atoms with Crippen molar-refractivity contribution in [1.82, 2.24) is 9.97 Å².